The maximum absolute atomic E-state index is 11.2. The molecule has 82 valence electrons. The number of sulfone groups is 1. The van der Waals surface area contributed by atoms with Crippen molar-refractivity contribution in [2.24, 2.45) is 0 Å². The molecule has 0 unspecified atom stereocenters. The Morgan fingerprint density at radius 1 is 0.714 bits per heavy atom. The molecular weight excluding hydrogens is 200 g/mol. The molecule has 2 rings (SSSR count). The third-order valence-electron chi connectivity index (χ3n) is 3.05. The van der Waals surface area contributed by atoms with Gasteiger partial charge in [0.05, 0.1) is 11.5 Å². The Bertz CT molecular complexity index is 269. The fraction of sp³-hybridized carbons (Fsp3) is 1.00. The highest BCUT2D eigenvalue weighted by molar-refractivity contribution is 7.91. The van der Waals surface area contributed by atoms with Gasteiger partial charge in [-0.2, -0.15) is 0 Å². The minimum Gasteiger partial charge on any atom is -0.242 e. The van der Waals surface area contributed by atoms with E-state index >= 15 is 0 Å². The summed E-state index contributed by atoms with van der Waals surface area (Å²) in [5.74, 6) is 0.674. The Balaban J connectivity index is 1.88. The number of hydrogen-bond acceptors (Lipinski definition) is 4. The monoisotopic (exact) mass is 218 g/mol. The summed E-state index contributed by atoms with van der Waals surface area (Å²) >= 11 is 0. The second-order valence-electron chi connectivity index (χ2n) is 4.12. The van der Waals surface area contributed by atoms with Gasteiger partial charge >= 0.3 is 0 Å². The SMILES string of the molecule is O=S1(=O)CCN(N2CCCCC2)CC1. The predicted octanol–water partition coefficient (Wildman–Crippen LogP) is 0.118. The van der Waals surface area contributed by atoms with Gasteiger partial charge < -0.3 is 0 Å². The molecule has 14 heavy (non-hydrogen) atoms. The largest absolute Gasteiger partial charge is 0.242 e. The number of hydrogen-bond donors (Lipinski definition) is 0. The summed E-state index contributed by atoms with van der Waals surface area (Å²) in [5, 5.41) is 4.55. The Hall–Kier alpha value is -0.130. The minimum absolute atomic E-state index is 0.337. The van der Waals surface area contributed by atoms with E-state index in [-0.39, 0.29) is 0 Å². The van der Waals surface area contributed by atoms with Crippen molar-refractivity contribution >= 4 is 9.84 Å². The Morgan fingerprint density at radius 2 is 1.21 bits per heavy atom. The fourth-order valence-electron chi connectivity index (χ4n) is 2.15. The van der Waals surface area contributed by atoms with Gasteiger partial charge in [-0.1, -0.05) is 6.42 Å². The van der Waals surface area contributed by atoms with Crippen LogP contribution in [0.2, 0.25) is 0 Å². The summed E-state index contributed by atoms with van der Waals surface area (Å²) in [6.45, 7) is 3.62. The number of rotatable bonds is 1. The van der Waals surface area contributed by atoms with Crippen LogP contribution in [-0.4, -0.2) is 56.1 Å². The van der Waals surface area contributed by atoms with Crippen LogP contribution in [0.4, 0.5) is 0 Å². The summed E-state index contributed by atoms with van der Waals surface area (Å²) < 4.78 is 22.5. The molecule has 5 heteroatoms. The van der Waals surface area contributed by atoms with Crippen molar-refractivity contribution < 1.29 is 8.42 Å². The fourth-order valence-corrected chi connectivity index (χ4v) is 3.33. The van der Waals surface area contributed by atoms with Gasteiger partial charge in [0.1, 0.15) is 0 Å². The van der Waals surface area contributed by atoms with Crippen molar-refractivity contribution in [3.05, 3.63) is 0 Å². The standard InChI is InChI=1S/C9H18N2O2S/c12-14(13)8-6-11(7-9-14)10-4-2-1-3-5-10/h1-9H2. The van der Waals surface area contributed by atoms with E-state index in [4.69, 9.17) is 0 Å². The molecule has 2 fully saturated rings. The third-order valence-corrected chi connectivity index (χ3v) is 4.66. The number of piperidine rings is 1. The van der Waals surface area contributed by atoms with Crippen LogP contribution in [0.3, 0.4) is 0 Å². The molecular formula is C9H18N2O2S. The number of nitrogens with zero attached hydrogens (tertiary/aromatic N) is 2. The van der Waals surface area contributed by atoms with Gasteiger partial charge in [0.2, 0.25) is 0 Å². The lowest BCUT2D eigenvalue weighted by atomic mass is 10.2. The van der Waals surface area contributed by atoms with Gasteiger partial charge in [-0.25, -0.2) is 18.4 Å². The van der Waals surface area contributed by atoms with E-state index in [9.17, 15) is 8.42 Å². The minimum atomic E-state index is -2.72. The molecule has 0 amide bonds. The van der Waals surface area contributed by atoms with E-state index in [0.29, 0.717) is 24.6 Å². The average Bonchev–Trinajstić information content (AvgIpc) is 2.19. The van der Waals surface area contributed by atoms with Crippen molar-refractivity contribution in [2.75, 3.05) is 37.7 Å². The molecule has 0 spiro atoms. The Morgan fingerprint density at radius 3 is 1.79 bits per heavy atom. The topological polar surface area (TPSA) is 40.6 Å². The third kappa shape index (κ3) is 2.46. The highest BCUT2D eigenvalue weighted by Crippen LogP contribution is 2.14. The molecule has 0 N–H and O–H groups in total. The normalized spacial score (nSPS) is 30.3. The van der Waals surface area contributed by atoms with Crippen LogP contribution in [0.1, 0.15) is 19.3 Å². The zero-order chi connectivity index (χ0) is 10.0. The Labute approximate surface area is 85.8 Å². The van der Waals surface area contributed by atoms with E-state index in [1.165, 1.54) is 19.3 Å². The van der Waals surface area contributed by atoms with E-state index in [1.54, 1.807) is 0 Å². The van der Waals surface area contributed by atoms with Crippen LogP contribution >= 0.6 is 0 Å². The van der Waals surface area contributed by atoms with Crippen LogP contribution < -0.4 is 0 Å². The van der Waals surface area contributed by atoms with Crippen LogP contribution in [0.25, 0.3) is 0 Å². The zero-order valence-corrected chi connectivity index (χ0v) is 9.30. The van der Waals surface area contributed by atoms with Gasteiger partial charge in [-0.05, 0) is 12.8 Å². The van der Waals surface area contributed by atoms with Gasteiger partial charge in [0, 0.05) is 26.2 Å². The molecule has 2 aliphatic heterocycles. The van der Waals surface area contributed by atoms with Gasteiger partial charge in [-0.3, -0.25) is 0 Å². The molecule has 0 saturated carbocycles. The highest BCUT2D eigenvalue weighted by Gasteiger charge is 2.26. The van der Waals surface area contributed by atoms with Gasteiger partial charge in [0.15, 0.2) is 9.84 Å². The van der Waals surface area contributed by atoms with Gasteiger partial charge in [0.25, 0.3) is 0 Å². The smallest absolute Gasteiger partial charge is 0.152 e. The molecule has 0 aliphatic carbocycles. The van der Waals surface area contributed by atoms with Crippen molar-refractivity contribution in [1.82, 2.24) is 10.0 Å². The molecule has 0 aromatic heterocycles. The molecule has 4 nitrogen and oxygen atoms in total. The molecule has 2 heterocycles. The predicted molar refractivity (Wildman–Crippen MR) is 55.7 cm³/mol. The van der Waals surface area contributed by atoms with Crippen molar-refractivity contribution in [3.8, 4) is 0 Å². The van der Waals surface area contributed by atoms with E-state index in [2.05, 4.69) is 10.0 Å². The van der Waals surface area contributed by atoms with E-state index < -0.39 is 9.84 Å². The quantitative estimate of drug-likeness (QED) is 0.627. The molecule has 2 aliphatic rings. The lowest BCUT2D eigenvalue weighted by Crippen LogP contribution is -2.52. The lowest BCUT2D eigenvalue weighted by molar-refractivity contribution is -0.0321. The lowest BCUT2D eigenvalue weighted by Gasteiger charge is -2.39. The van der Waals surface area contributed by atoms with Crippen LogP contribution in [-0.2, 0) is 9.84 Å². The zero-order valence-electron chi connectivity index (χ0n) is 8.48. The first-order chi connectivity index (χ1) is 6.67. The number of hydrazine groups is 1. The summed E-state index contributed by atoms with van der Waals surface area (Å²) in [7, 11) is -2.72. The molecule has 2 saturated heterocycles. The molecule has 0 bridgehead atoms. The van der Waals surface area contributed by atoms with Crippen LogP contribution in [0.15, 0.2) is 0 Å². The second kappa shape index (κ2) is 4.16. The van der Waals surface area contributed by atoms with Crippen molar-refractivity contribution in [2.45, 2.75) is 19.3 Å². The molecule has 0 radical (unpaired) electrons. The Kier molecular flexibility index (Phi) is 3.09. The summed E-state index contributed by atoms with van der Waals surface area (Å²) in [4.78, 5) is 0. The summed E-state index contributed by atoms with van der Waals surface area (Å²) in [6, 6.07) is 0. The average molecular weight is 218 g/mol. The molecule has 0 aromatic carbocycles. The van der Waals surface area contributed by atoms with E-state index in [1.807, 2.05) is 0 Å². The first-order valence-electron chi connectivity index (χ1n) is 5.38. The van der Waals surface area contributed by atoms with Crippen molar-refractivity contribution in [3.63, 3.8) is 0 Å². The summed E-state index contributed by atoms with van der Waals surface area (Å²) in [5.41, 5.74) is 0. The van der Waals surface area contributed by atoms with Crippen LogP contribution in [0, 0.1) is 0 Å². The van der Waals surface area contributed by atoms with E-state index in [0.717, 1.165) is 13.1 Å². The highest BCUT2D eigenvalue weighted by atomic mass is 32.2. The maximum atomic E-state index is 11.2. The first kappa shape index (κ1) is 10.4. The van der Waals surface area contributed by atoms with Gasteiger partial charge in [-0.15, -0.1) is 0 Å². The maximum Gasteiger partial charge on any atom is 0.152 e. The summed E-state index contributed by atoms with van der Waals surface area (Å²) in [6.07, 6.45) is 3.83. The molecule has 0 aromatic rings. The first-order valence-corrected chi connectivity index (χ1v) is 7.20. The second-order valence-corrected chi connectivity index (χ2v) is 6.42. The van der Waals surface area contributed by atoms with Crippen LogP contribution in [0.5, 0.6) is 0 Å². The molecule has 0 atom stereocenters. The van der Waals surface area contributed by atoms with Crippen molar-refractivity contribution in [1.29, 1.82) is 0 Å².